The van der Waals surface area contributed by atoms with E-state index in [0.717, 1.165) is 38.5 Å². The molecule has 0 aromatic heterocycles. The Kier molecular flexibility index (Phi) is 5.06. The molecule has 2 nitrogen and oxygen atoms in total. The standard InChI is InChI=1S/C19H25Cl2NO/c1-3-4-10-19(11-9-14-6-8-17(19)22(14)2)18(23)13-5-7-15(20)16(21)12-13/h5,7,12,14,17H,3-4,6,8-11H2,1-2H3/t14-,17?,19+/m0/s1. The highest BCUT2D eigenvalue weighted by Gasteiger charge is 2.53. The van der Waals surface area contributed by atoms with Gasteiger partial charge in [0, 0.05) is 23.1 Å². The lowest BCUT2D eigenvalue weighted by atomic mass is 9.66. The van der Waals surface area contributed by atoms with Gasteiger partial charge in [0.1, 0.15) is 0 Å². The predicted octanol–water partition coefficient (Wildman–Crippen LogP) is 5.61. The number of rotatable bonds is 5. The number of ketones is 1. The van der Waals surface area contributed by atoms with Crippen molar-refractivity contribution in [1.29, 1.82) is 0 Å². The van der Waals surface area contributed by atoms with Gasteiger partial charge in [0.25, 0.3) is 0 Å². The Balaban J connectivity index is 1.98. The molecule has 126 valence electrons. The Bertz CT molecular complexity index is 603. The summed E-state index contributed by atoms with van der Waals surface area (Å²) in [6.07, 6.45) is 7.69. The molecule has 0 spiro atoms. The SMILES string of the molecule is CCCC[C@@]1(C(=O)c2ccc(Cl)c(Cl)c2)CC[C@@H]2CCC1N2C. The van der Waals surface area contributed by atoms with Gasteiger partial charge in [-0.1, -0.05) is 43.0 Å². The third kappa shape index (κ3) is 2.94. The molecule has 0 radical (unpaired) electrons. The zero-order valence-electron chi connectivity index (χ0n) is 13.9. The van der Waals surface area contributed by atoms with Crippen LogP contribution >= 0.6 is 23.2 Å². The average molecular weight is 354 g/mol. The fourth-order valence-electron chi connectivity index (χ4n) is 4.70. The van der Waals surface area contributed by atoms with Gasteiger partial charge >= 0.3 is 0 Å². The lowest BCUT2D eigenvalue weighted by Gasteiger charge is -2.47. The van der Waals surface area contributed by atoms with Crippen LogP contribution in [-0.2, 0) is 0 Å². The van der Waals surface area contributed by atoms with Gasteiger partial charge in [0.2, 0.25) is 0 Å². The Labute approximate surface area is 149 Å². The summed E-state index contributed by atoms with van der Waals surface area (Å²) in [6.45, 7) is 2.20. The molecule has 1 unspecified atom stereocenters. The molecule has 2 fully saturated rings. The molecule has 0 saturated carbocycles. The topological polar surface area (TPSA) is 20.3 Å². The fraction of sp³-hybridized carbons (Fsp3) is 0.632. The second-order valence-corrected chi connectivity index (χ2v) is 7.98. The number of Topliss-reactive ketones (excluding diaryl/α,β-unsaturated/α-hetero) is 1. The number of carbonyl (C=O) groups excluding carboxylic acids is 1. The second-order valence-electron chi connectivity index (χ2n) is 7.17. The minimum Gasteiger partial charge on any atom is -0.299 e. The van der Waals surface area contributed by atoms with Crippen LogP contribution in [0.5, 0.6) is 0 Å². The molecular formula is C19H25Cl2NO. The van der Waals surface area contributed by atoms with Crippen molar-refractivity contribution in [2.24, 2.45) is 5.41 Å². The zero-order chi connectivity index (χ0) is 16.6. The maximum absolute atomic E-state index is 13.5. The zero-order valence-corrected chi connectivity index (χ0v) is 15.5. The van der Waals surface area contributed by atoms with Crippen molar-refractivity contribution >= 4 is 29.0 Å². The molecular weight excluding hydrogens is 329 g/mol. The molecule has 2 aliphatic rings. The molecule has 3 rings (SSSR count). The number of hydrogen-bond acceptors (Lipinski definition) is 2. The Morgan fingerprint density at radius 3 is 2.74 bits per heavy atom. The Morgan fingerprint density at radius 1 is 1.26 bits per heavy atom. The minimum absolute atomic E-state index is 0.255. The Hall–Kier alpha value is -0.570. The number of carbonyl (C=O) groups is 1. The van der Waals surface area contributed by atoms with Crippen molar-refractivity contribution in [3.63, 3.8) is 0 Å². The first-order valence-electron chi connectivity index (χ1n) is 8.71. The molecule has 0 amide bonds. The molecule has 2 aliphatic heterocycles. The number of hydrogen-bond donors (Lipinski definition) is 0. The van der Waals surface area contributed by atoms with Gasteiger partial charge in [0.15, 0.2) is 5.78 Å². The van der Waals surface area contributed by atoms with Crippen LogP contribution < -0.4 is 0 Å². The van der Waals surface area contributed by atoms with E-state index in [1.54, 1.807) is 12.1 Å². The highest BCUT2D eigenvalue weighted by atomic mass is 35.5. The van der Waals surface area contributed by atoms with E-state index in [9.17, 15) is 4.79 Å². The summed E-state index contributed by atoms with van der Waals surface area (Å²) < 4.78 is 0. The van der Waals surface area contributed by atoms with E-state index in [1.165, 1.54) is 6.42 Å². The predicted molar refractivity (Wildman–Crippen MR) is 96.6 cm³/mol. The van der Waals surface area contributed by atoms with Gasteiger partial charge < -0.3 is 0 Å². The maximum atomic E-state index is 13.5. The van der Waals surface area contributed by atoms with E-state index < -0.39 is 0 Å². The number of piperidine rings is 1. The smallest absolute Gasteiger partial charge is 0.170 e. The van der Waals surface area contributed by atoms with Crippen molar-refractivity contribution in [2.75, 3.05) is 7.05 Å². The highest BCUT2D eigenvalue weighted by molar-refractivity contribution is 6.42. The van der Waals surface area contributed by atoms with Gasteiger partial charge in [-0.15, -0.1) is 0 Å². The van der Waals surface area contributed by atoms with E-state index in [0.29, 0.717) is 27.7 Å². The van der Waals surface area contributed by atoms with Crippen LogP contribution in [-0.4, -0.2) is 29.8 Å². The lowest BCUT2D eigenvalue weighted by Crippen LogP contribution is -2.53. The Morgan fingerprint density at radius 2 is 2.04 bits per heavy atom. The van der Waals surface area contributed by atoms with Gasteiger partial charge in [-0.2, -0.15) is 0 Å². The van der Waals surface area contributed by atoms with Crippen LogP contribution in [0.1, 0.15) is 62.2 Å². The van der Waals surface area contributed by atoms with Crippen LogP contribution in [0, 0.1) is 5.41 Å². The van der Waals surface area contributed by atoms with Crippen LogP contribution in [0.2, 0.25) is 10.0 Å². The molecule has 2 saturated heterocycles. The normalized spacial score (nSPS) is 30.6. The van der Waals surface area contributed by atoms with E-state index in [4.69, 9.17) is 23.2 Å². The van der Waals surface area contributed by atoms with Crippen molar-refractivity contribution in [2.45, 2.75) is 64.0 Å². The first-order chi connectivity index (χ1) is 11.0. The number of benzene rings is 1. The van der Waals surface area contributed by atoms with Crippen molar-refractivity contribution in [3.05, 3.63) is 33.8 Å². The van der Waals surface area contributed by atoms with Gasteiger partial charge in [0.05, 0.1) is 10.0 Å². The number of fused-ring (bicyclic) bond motifs is 2. The van der Waals surface area contributed by atoms with Crippen molar-refractivity contribution < 1.29 is 4.79 Å². The number of unbranched alkanes of at least 4 members (excludes halogenated alkanes) is 1. The highest BCUT2D eigenvalue weighted by Crippen LogP contribution is 2.50. The summed E-state index contributed by atoms with van der Waals surface area (Å²) in [7, 11) is 2.20. The molecule has 1 aromatic rings. The van der Waals surface area contributed by atoms with Crippen molar-refractivity contribution in [1.82, 2.24) is 4.90 Å². The van der Waals surface area contributed by atoms with E-state index >= 15 is 0 Å². The number of nitrogens with zero attached hydrogens (tertiary/aromatic N) is 1. The van der Waals surface area contributed by atoms with Crippen LogP contribution in [0.25, 0.3) is 0 Å². The summed E-state index contributed by atoms with van der Waals surface area (Å²) in [5.74, 6) is 0.265. The lowest BCUT2D eigenvalue weighted by molar-refractivity contribution is 0.0249. The van der Waals surface area contributed by atoms with E-state index in [2.05, 4.69) is 18.9 Å². The summed E-state index contributed by atoms with van der Waals surface area (Å²) in [6, 6.07) is 6.37. The van der Waals surface area contributed by atoms with Crippen molar-refractivity contribution in [3.8, 4) is 0 Å². The summed E-state index contributed by atoms with van der Waals surface area (Å²) in [5, 5.41) is 0.976. The van der Waals surface area contributed by atoms with Crippen LogP contribution in [0.3, 0.4) is 0 Å². The molecule has 4 heteroatoms. The maximum Gasteiger partial charge on any atom is 0.170 e. The second kappa shape index (κ2) is 6.74. The monoisotopic (exact) mass is 353 g/mol. The molecule has 0 aliphatic carbocycles. The van der Waals surface area contributed by atoms with E-state index in [-0.39, 0.29) is 11.2 Å². The first kappa shape index (κ1) is 17.3. The third-order valence-corrected chi connectivity index (χ3v) is 6.75. The summed E-state index contributed by atoms with van der Waals surface area (Å²) in [5.41, 5.74) is 0.462. The summed E-state index contributed by atoms with van der Waals surface area (Å²) >= 11 is 12.2. The van der Waals surface area contributed by atoms with Crippen LogP contribution in [0.15, 0.2) is 18.2 Å². The quantitative estimate of drug-likeness (QED) is 0.641. The van der Waals surface area contributed by atoms with Gasteiger partial charge in [-0.25, -0.2) is 0 Å². The molecule has 3 atom stereocenters. The fourth-order valence-corrected chi connectivity index (χ4v) is 5.00. The molecule has 1 aromatic carbocycles. The van der Waals surface area contributed by atoms with Crippen LogP contribution in [0.4, 0.5) is 0 Å². The average Bonchev–Trinajstić information content (AvgIpc) is 2.80. The van der Waals surface area contributed by atoms with Gasteiger partial charge in [-0.05, 0) is 57.4 Å². The molecule has 0 N–H and O–H groups in total. The van der Waals surface area contributed by atoms with E-state index in [1.807, 2.05) is 6.07 Å². The first-order valence-corrected chi connectivity index (χ1v) is 9.47. The minimum atomic E-state index is -0.255. The molecule has 23 heavy (non-hydrogen) atoms. The summed E-state index contributed by atoms with van der Waals surface area (Å²) in [4.78, 5) is 16.0. The molecule has 2 bridgehead atoms. The van der Waals surface area contributed by atoms with Gasteiger partial charge in [-0.3, -0.25) is 9.69 Å². The third-order valence-electron chi connectivity index (χ3n) is 6.01. The number of halogens is 2. The molecule has 2 heterocycles. The largest absolute Gasteiger partial charge is 0.299 e.